The lowest BCUT2D eigenvalue weighted by Crippen LogP contribution is -1.96. The minimum Gasteiger partial charge on any atom is -0.497 e. The van der Waals surface area contributed by atoms with Crippen LogP contribution in [0, 0.1) is 11.3 Å². The monoisotopic (exact) mass is 187 g/mol. The molecule has 0 N–H and O–H groups in total. The van der Waals surface area contributed by atoms with Crippen molar-refractivity contribution in [2.75, 3.05) is 7.11 Å². The van der Waals surface area contributed by atoms with Gasteiger partial charge in [-0.3, -0.25) is 4.68 Å². The molecule has 2 rings (SSSR count). The molecule has 0 bridgehead atoms. The van der Waals surface area contributed by atoms with Gasteiger partial charge in [0, 0.05) is 11.5 Å². The van der Waals surface area contributed by atoms with E-state index in [1.165, 1.54) is 0 Å². The number of rotatable bonds is 2. The van der Waals surface area contributed by atoms with Crippen LogP contribution in [0.15, 0.2) is 24.4 Å². The molecule has 0 aliphatic rings. The Morgan fingerprint density at radius 3 is 3.14 bits per heavy atom. The Kier molecular flexibility index (Phi) is 2.07. The van der Waals surface area contributed by atoms with Crippen LogP contribution in [-0.4, -0.2) is 16.9 Å². The Morgan fingerprint density at radius 2 is 2.43 bits per heavy atom. The number of hydrogen-bond acceptors (Lipinski definition) is 3. The quantitative estimate of drug-likeness (QED) is 0.717. The summed E-state index contributed by atoms with van der Waals surface area (Å²) in [6.07, 6.45) is 1.74. The molecule has 1 heterocycles. The van der Waals surface area contributed by atoms with Crippen molar-refractivity contribution in [2.45, 2.75) is 6.54 Å². The molecule has 1 aromatic carbocycles. The molecule has 0 saturated heterocycles. The first-order valence-electron chi connectivity index (χ1n) is 4.21. The normalized spacial score (nSPS) is 10.0. The van der Waals surface area contributed by atoms with E-state index < -0.39 is 0 Å². The van der Waals surface area contributed by atoms with Crippen LogP contribution in [0.4, 0.5) is 0 Å². The van der Waals surface area contributed by atoms with E-state index in [1.807, 2.05) is 18.2 Å². The summed E-state index contributed by atoms with van der Waals surface area (Å²) in [6, 6.07) is 7.74. The summed E-state index contributed by atoms with van der Waals surface area (Å²) in [4.78, 5) is 0. The summed E-state index contributed by atoms with van der Waals surface area (Å²) in [6.45, 7) is 0.261. The number of benzene rings is 1. The smallest absolute Gasteiger partial charge is 0.128 e. The number of nitrogens with zero attached hydrogens (tertiary/aromatic N) is 3. The first kappa shape index (κ1) is 8.57. The molecule has 0 atom stereocenters. The van der Waals surface area contributed by atoms with Crippen molar-refractivity contribution in [1.29, 1.82) is 5.26 Å². The largest absolute Gasteiger partial charge is 0.497 e. The lowest BCUT2D eigenvalue weighted by molar-refractivity contribution is 0.415. The van der Waals surface area contributed by atoms with Crippen LogP contribution in [0.3, 0.4) is 0 Å². The molecule has 0 aliphatic carbocycles. The standard InChI is InChI=1S/C10H9N3O/c1-14-9-3-2-8-7-12-13(5-4-11)10(8)6-9/h2-3,6-7H,5H2,1H3. The molecule has 0 unspecified atom stereocenters. The van der Waals surface area contributed by atoms with Crippen molar-refractivity contribution >= 4 is 10.9 Å². The molecule has 0 saturated carbocycles. The van der Waals surface area contributed by atoms with Crippen LogP contribution >= 0.6 is 0 Å². The highest BCUT2D eigenvalue weighted by Gasteiger charge is 2.02. The van der Waals surface area contributed by atoms with Crippen molar-refractivity contribution in [3.8, 4) is 11.8 Å². The van der Waals surface area contributed by atoms with E-state index in [-0.39, 0.29) is 6.54 Å². The average Bonchev–Trinajstić information content (AvgIpc) is 2.61. The van der Waals surface area contributed by atoms with Gasteiger partial charge in [-0.2, -0.15) is 10.4 Å². The number of ether oxygens (including phenoxy) is 1. The molecule has 1 aromatic heterocycles. The van der Waals surface area contributed by atoms with Crippen LogP contribution in [0.1, 0.15) is 0 Å². The molecule has 0 spiro atoms. The number of aromatic nitrogens is 2. The van der Waals surface area contributed by atoms with E-state index >= 15 is 0 Å². The predicted molar refractivity (Wildman–Crippen MR) is 51.9 cm³/mol. The number of hydrogen-bond donors (Lipinski definition) is 0. The fourth-order valence-electron chi connectivity index (χ4n) is 1.37. The first-order valence-corrected chi connectivity index (χ1v) is 4.21. The third-order valence-electron chi connectivity index (χ3n) is 2.07. The second-order valence-corrected chi connectivity index (χ2v) is 2.89. The maximum atomic E-state index is 8.58. The Bertz CT molecular complexity index is 496. The van der Waals surface area contributed by atoms with Gasteiger partial charge in [0.05, 0.1) is 24.9 Å². The predicted octanol–water partition coefficient (Wildman–Crippen LogP) is 1.57. The molecule has 0 amide bonds. The highest BCUT2D eigenvalue weighted by Crippen LogP contribution is 2.19. The molecule has 2 aromatic rings. The molecular weight excluding hydrogens is 178 g/mol. The molecule has 4 nitrogen and oxygen atoms in total. The van der Waals surface area contributed by atoms with Gasteiger partial charge in [0.15, 0.2) is 0 Å². The number of methoxy groups -OCH3 is 1. The first-order chi connectivity index (χ1) is 6.85. The van der Waals surface area contributed by atoms with Gasteiger partial charge in [-0.15, -0.1) is 0 Å². The van der Waals surface area contributed by atoms with Gasteiger partial charge in [0.25, 0.3) is 0 Å². The molecule has 0 fully saturated rings. The van der Waals surface area contributed by atoms with Crippen molar-refractivity contribution in [2.24, 2.45) is 0 Å². The van der Waals surface area contributed by atoms with Gasteiger partial charge < -0.3 is 4.74 Å². The minimum atomic E-state index is 0.261. The van der Waals surface area contributed by atoms with Gasteiger partial charge in [0.1, 0.15) is 12.3 Å². The Hall–Kier alpha value is -2.02. The van der Waals surface area contributed by atoms with Gasteiger partial charge in [-0.05, 0) is 12.1 Å². The van der Waals surface area contributed by atoms with E-state index in [2.05, 4.69) is 11.2 Å². The second-order valence-electron chi connectivity index (χ2n) is 2.89. The highest BCUT2D eigenvalue weighted by molar-refractivity contribution is 5.80. The van der Waals surface area contributed by atoms with Crippen LogP contribution in [-0.2, 0) is 6.54 Å². The summed E-state index contributed by atoms with van der Waals surface area (Å²) in [5, 5.41) is 13.7. The topological polar surface area (TPSA) is 50.8 Å². The van der Waals surface area contributed by atoms with E-state index in [0.717, 1.165) is 16.7 Å². The Balaban J connectivity index is 2.59. The molecule has 4 heteroatoms. The van der Waals surface area contributed by atoms with Crippen molar-refractivity contribution in [1.82, 2.24) is 9.78 Å². The highest BCUT2D eigenvalue weighted by atomic mass is 16.5. The molecule has 70 valence electrons. The van der Waals surface area contributed by atoms with Crippen molar-refractivity contribution < 1.29 is 4.74 Å². The van der Waals surface area contributed by atoms with Gasteiger partial charge in [-0.25, -0.2) is 0 Å². The third-order valence-corrected chi connectivity index (χ3v) is 2.07. The van der Waals surface area contributed by atoms with Gasteiger partial charge in [0.2, 0.25) is 0 Å². The van der Waals surface area contributed by atoms with Gasteiger partial charge >= 0.3 is 0 Å². The van der Waals surface area contributed by atoms with Crippen LogP contribution in [0.2, 0.25) is 0 Å². The zero-order chi connectivity index (χ0) is 9.97. The van der Waals surface area contributed by atoms with E-state index in [4.69, 9.17) is 10.00 Å². The summed E-state index contributed by atoms with van der Waals surface area (Å²) in [5.41, 5.74) is 0.922. The number of fused-ring (bicyclic) bond motifs is 1. The maximum absolute atomic E-state index is 8.58. The van der Waals surface area contributed by atoms with Crippen LogP contribution in [0.5, 0.6) is 5.75 Å². The summed E-state index contributed by atoms with van der Waals surface area (Å²) in [7, 11) is 1.62. The molecule has 0 aliphatic heterocycles. The molecule has 14 heavy (non-hydrogen) atoms. The van der Waals surface area contributed by atoms with Crippen LogP contribution < -0.4 is 4.74 Å². The molecule has 0 radical (unpaired) electrons. The summed E-state index contributed by atoms with van der Waals surface area (Å²) < 4.78 is 6.75. The zero-order valence-corrected chi connectivity index (χ0v) is 7.77. The fraction of sp³-hybridized carbons (Fsp3) is 0.200. The van der Waals surface area contributed by atoms with Crippen LogP contribution in [0.25, 0.3) is 10.9 Å². The summed E-state index contributed by atoms with van der Waals surface area (Å²) in [5.74, 6) is 0.775. The maximum Gasteiger partial charge on any atom is 0.128 e. The lowest BCUT2D eigenvalue weighted by atomic mass is 10.2. The van der Waals surface area contributed by atoms with Crippen molar-refractivity contribution in [3.63, 3.8) is 0 Å². The molecular formula is C10H9N3O. The van der Waals surface area contributed by atoms with E-state index in [1.54, 1.807) is 18.0 Å². The van der Waals surface area contributed by atoms with Crippen molar-refractivity contribution in [3.05, 3.63) is 24.4 Å². The lowest BCUT2D eigenvalue weighted by Gasteiger charge is -2.00. The summed E-state index contributed by atoms with van der Waals surface area (Å²) >= 11 is 0. The Labute approximate surface area is 81.3 Å². The SMILES string of the molecule is COc1ccc2cnn(CC#N)c2c1. The zero-order valence-electron chi connectivity index (χ0n) is 7.77. The number of nitriles is 1. The Morgan fingerprint density at radius 1 is 1.57 bits per heavy atom. The van der Waals surface area contributed by atoms with E-state index in [9.17, 15) is 0 Å². The van der Waals surface area contributed by atoms with Gasteiger partial charge in [-0.1, -0.05) is 0 Å². The minimum absolute atomic E-state index is 0.261. The third kappa shape index (κ3) is 1.29. The van der Waals surface area contributed by atoms with E-state index in [0.29, 0.717) is 0 Å². The fourth-order valence-corrected chi connectivity index (χ4v) is 1.37. The second kappa shape index (κ2) is 3.38. The average molecular weight is 187 g/mol.